The lowest BCUT2D eigenvalue weighted by Gasteiger charge is -2.43. The van der Waals surface area contributed by atoms with Crippen LogP contribution >= 0.6 is 23.2 Å². The summed E-state index contributed by atoms with van der Waals surface area (Å²) >= 11 is 13.2. The molecule has 0 radical (unpaired) electrons. The Bertz CT molecular complexity index is 1460. The lowest BCUT2D eigenvalue weighted by atomic mass is 9.69. The molecule has 0 saturated carbocycles. The first kappa shape index (κ1) is 29.2. The van der Waals surface area contributed by atoms with Gasteiger partial charge in [-0.2, -0.15) is 15.2 Å². The number of benzene rings is 1. The third kappa shape index (κ3) is 5.34. The first-order valence-corrected chi connectivity index (χ1v) is 15.4. The summed E-state index contributed by atoms with van der Waals surface area (Å²) in [5.41, 5.74) is 4.28. The number of aromatic nitrogens is 2. The minimum absolute atomic E-state index is 0.0844. The molecule has 42 heavy (non-hydrogen) atoms. The molecule has 2 aromatic rings. The fraction of sp³-hybridized carbons (Fsp3) is 0.548. The first-order chi connectivity index (χ1) is 20.2. The molecule has 3 heterocycles. The molecule has 3 atom stereocenters. The summed E-state index contributed by atoms with van der Waals surface area (Å²) in [5.74, 6) is -0.997. The fourth-order valence-corrected chi connectivity index (χ4v) is 8.19. The molecule has 2 fully saturated rings. The summed E-state index contributed by atoms with van der Waals surface area (Å²) in [6.45, 7) is 5.81. The maximum Gasteiger partial charge on any atom is 0.318 e. The van der Waals surface area contributed by atoms with Crippen molar-refractivity contribution in [1.82, 2.24) is 19.8 Å². The number of hydrogen-bond donors (Lipinski definition) is 0. The Morgan fingerprint density at radius 3 is 2.76 bits per heavy atom. The van der Waals surface area contributed by atoms with Crippen LogP contribution in [0.15, 0.2) is 24.5 Å². The number of aryl methyl sites for hydroxylation is 1. The van der Waals surface area contributed by atoms with Gasteiger partial charge in [-0.15, -0.1) is 0 Å². The standard InChI is InChI=1S/C31H35Cl2FN6O2/c1-19(34)29(41)40-13-12-39(17-22(40)7-10-35)28-24-6-9-31(8-5-20-14-21(32)15-25(33)27(20)31)16-26(24)36-30(37-28)42-18-23-4-3-11-38(23)2/h14-15,22-23H,1,3-9,11-13,16-18H2,2H3. The highest BCUT2D eigenvalue weighted by molar-refractivity contribution is 6.35. The number of nitriles is 1. The van der Waals surface area contributed by atoms with Gasteiger partial charge in [0, 0.05) is 53.1 Å². The van der Waals surface area contributed by atoms with E-state index in [4.69, 9.17) is 37.9 Å². The molecule has 6 rings (SSSR count). The lowest BCUT2D eigenvalue weighted by Crippen LogP contribution is -2.55. The van der Waals surface area contributed by atoms with Gasteiger partial charge in [-0.3, -0.25) is 4.79 Å². The molecule has 1 aromatic heterocycles. The third-order valence-corrected chi connectivity index (χ3v) is 10.1. The van der Waals surface area contributed by atoms with Crippen LogP contribution in [-0.2, 0) is 29.5 Å². The maximum atomic E-state index is 13.8. The molecule has 1 amide bonds. The Kier molecular flexibility index (Phi) is 8.07. The molecule has 0 N–H and O–H groups in total. The highest BCUT2D eigenvalue weighted by Gasteiger charge is 2.45. The van der Waals surface area contributed by atoms with E-state index in [-0.39, 0.29) is 18.4 Å². The van der Waals surface area contributed by atoms with Crippen molar-refractivity contribution >= 4 is 34.9 Å². The van der Waals surface area contributed by atoms with Crippen LogP contribution in [0.5, 0.6) is 6.01 Å². The Morgan fingerprint density at radius 2 is 2.02 bits per heavy atom. The molecular weight excluding hydrogens is 578 g/mol. The first-order valence-electron chi connectivity index (χ1n) is 14.7. The second kappa shape index (κ2) is 11.6. The average molecular weight is 614 g/mol. The van der Waals surface area contributed by atoms with Gasteiger partial charge in [0.15, 0.2) is 5.83 Å². The molecule has 2 saturated heterocycles. The number of anilines is 1. The number of fused-ring (bicyclic) bond motifs is 3. The van der Waals surface area contributed by atoms with Gasteiger partial charge in [-0.1, -0.05) is 29.8 Å². The van der Waals surface area contributed by atoms with Crippen LogP contribution in [0.4, 0.5) is 10.2 Å². The number of hydrogen-bond acceptors (Lipinski definition) is 7. The summed E-state index contributed by atoms with van der Waals surface area (Å²) in [6.07, 6.45) is 6.57. The van der Waals surface area contributed by atoms with Gasteiger partial charge in [0.25, 0.3) is 5.91 Å². The van der Waals surface area contributed by atoms with E-state index in [0.717, 1.165) is 62.1 Å². The lowest BCUT2D eigenvalue weighted by molar-refractivity contribution is -0.131. The third-order valence-electron chi connectivity index (χ3n) is 9.63. The average Bonchev–Trinajstić information content (AvgIpc) is 3.53. The zero-order valence-corrected chi connectivity index (χ0v) is 25.4. The quantitative estimate of drug-likeness (QED) is 0.422. The second-order valence-electron chi connectivity index (χ2n) is 12.1. The van der Waals surface area contributed by atoms with Crippen molar-refractivity contribution in [2.45, 2.75) is 68.9 Å². The summed E-state index contributed by atoms with van der Waals surface area (Å²) in [5, 5.41) is 10.9. The van der Waals surface area contributed by atoms with Gasteiger partial charge in [-0.05, 0) is 75.4 Å². The highest BCUT2D eigenvalue weighted by Crippen LogP contribution is 2.51. The molecule has 2 aliphatic carbocycles. The maximum absolute atomic E-state index is 13.8. The fourth-order valence-electron chi connectivity index (χ4n) is 7.45. The van der Waals surface area contributed by atoms with E-state index < -0.39 is 17.8 Å². The smallest absolute Gasteiger partial charge is 0.318 e. The van der Waals surface area contributed by atoms with Crippen molar-refractivity contribution in [3.8, 4) is 12.1 Å². The number of ether oxygens (including phenoxy) is 1. The molecule has 0 bridgehead atoms. The van der Waals surface area contributed by atoms with Crippen LogP contribution in [0.2, 0.25) is 10.0 Å². The number of amides is 1. The van der Waals surface area contributed by atoms with Crippen LogP contribution in [0.25, 0.3) is 0 Å². The van der Waals surface area contributed by atoms with Crippen molar-refractivity contribution in [2.75, 3.05) is 44.7 Å². The monoisotopic (exact) mass is 612 g/mol. The van der Waals surface area contributed by atoms with E-state index in [2.05, 4.69) is 29.5 Å². The summed E-state index contributed by atoms with van der Waals surface area (Å²) < 4.78 is 20.1. The number of carbonyl (C=O) groups excluding carboxylic acids is 1. The number of likely N-dealkylation sites (N-methyl/N-ethyl adjacent to an activating group) is 1. The second-order valence-corrected chi connectivity index (χ2v) is 12.9. The minimum atomic E-state index is -1.01. The van der Waals surface area contributed by atoms with Gasteiger partial charge in [0.1, 0.15) is 12.4 Å². The van der Waals surface area contributed by atoms with E-state index in [1.807, 2.05) is 12.1 Å². The molecule has 1 aromatic carbocycles. The van der Waals surface area contributed by atoms with Gasteiger partial charge in [0.05, 0.1) is 24.2 Å². The normalized spacial score (nSPS) is 25.3. The predicted molar refractivity (Wildman–Crippen MR) is 160 cm³/mol. The SMILES string of the molecule is C=C(F)C(=O)N1CCN(c2nc(OCC3CCCN3C)nc3c2CCC2(CCc4cc(Cl)cc(Cl)c42)C3)CC1CC#N. The Morgan fingerprint density at radius 1 is 1.21 bits per heavy atom. The van der Waals surface area contributed by atoms with Crippen molar-refractivity contribution in [3.05, 3.63) is 57.0 Å². The van der Waals surface area contributed by atoms with Crippen molar-refractivity contribution < 1.29 is 13.9 Å². The molecule has 8 nitrogen and oxygen atoms in total. The van der Waals surface area contributed by atoms with Crippen molar-refractivity contribution in [1.29, 1.82) is 5.26 Å². The van der Waals surface area contributed by atoms with Gasteiger partial charge >= 0.3 is 6.01 Å². The van der Waals surface area contributed by atoms with Crippen LogP contribution in [0.3, 0.4) is 0 Å². The van der Waals surface area contributed by atoms with Gasteiger partial charge in [-0.25, -0.2) is 4.39 Å². The molecule has 222 valence electrons. The topological polar surface area (TPSA) is 85.6 Å². The number of halogens is 3. The van der Waals surface area contributed by atoms with E-state index in [1.54, 1.807) is 0 Å². The molecule has 3 unspecified atom stereocenters. The molecular formula is C31H35Cl2FN6O2. The Balaban J connectivity index is 1.35. The van der Waals surface area contributed by atoms with Crippen LogP contribution in [0, 0.1) is 11.3 Å². The predicted octanol–water partition coefficient (Wildman–Crippen LogP) is 5.04. The van der Waals surface area contributed by atoms with E-state index in [9.17, 15) is 14.4 Å². The summed E-state index contributed by atoms with van der Waals surface area (Å²) in [7, 11) is 2.11. The summed E-state index contributed by atoms with van der Waals surface area (Å²) in [6, 6.07) is 6.20. The largest absolute Gasteiger partial charge is 0.462 e. The van der Waals surface area contributed by atoms with Gasteiger partial charge in [0.2, 0.25) is 0 Å². The van der Waals surface area contributed by atoms with Gasteiger partial charge < -0.3 is 19.4 Å². The Labute approximate surface area is 256 Å². The molecule has 4 aliphatic rings. The number of piperazine rings is 1. The minimum Gasteiger partial charge on any atom is -0.462 e. The van der Waals surface area contributed by atoms with Crippen LogP contribution < -0.4 is 9.64 Å². The van der Waals surface area contributed by atoms with E-state index in [1.165, 1.54) is 16.0 Å². The number of nitrogens with zero attached hydrogens (tertiary/aromatic N) is 6. The van der Waals surface area contributed by atoms with Crippen molar-refractivity contribution in [2.24, 2.45) is 0 Å². The summed E-state index contributed by atoms with van der Waals surface area (Å²) in [4.78, 5) is 28.3. The van der Waals surface area contributed by atoms with E-state index >= 15 is 0 Å². The van der Waals surface area contributed by atoms with E-state index in [0.29, 0.717) is 48.2 Å². The molecule has 2 aliphatic heterocycles. The number of rotatable bonds is 6. The molecule has 1 spiro atoms. The van der Waals surface area contributed by atoms with Crippen LogP contribution in [0.1, 0.15) is 54.5 Å². The number of likely N-dealkylation sites (tertiary alicyclic amines) is 1. The number of carbonyl (C=O) groups is 1. The zero-order chi connectivity index (χ0) is 29.6. The molecule has 11 heteroatoms. The van der Waals surface area contributed by atoms with Crippen molar-refractivity contribution in [3.63, 3.8) is 0 Å². The zero-order valence-electron chi connectivity index (χ0n) is 23.8. The Hall–Kier alpha value is -2.93. The highest BCUT2D eigenvalue weighted by atomic mass is 35.5. The van der Waals surface area contributed by atoms with Crippen LogP contribution in [-0.4, -0.2) is 77.6 Å².